The predicted molar refractivity (Wildman–Crippen MR) is 58.4 cm³/mol. The van der Waals surface area contributed by atoms with E-state index < -0.39 is 26.8 Å². The van der Waals surface area contributed by atoms with Crippen molar-refractivity contribution in [2.45, 2.75) is 12.1 Å². The Morgan fingerprint density at radius 2 is 2.18 bits per heavy atom. The number of oxazole rings is 1. The third-order valence-electron chi connectivity index (χ3n) is 2.18. The number of para-hydroxylation sites is 1. The van der Waals surface area contributed by atoms with E-state index in [2.05, 4.69) is 4.98 Å². The van der Waals surface area contributed by atoms with Crippen molar-refractivity contribution in [2.24, 2.45) is 0 Å². The van der Waals surface area contributed by atoms with Gasteiger partial charge in [0.2, 0.25) is 9.84 Å². The fraction of sp³-hybridized carbons (Fsp3) is 0.200. The summed E-state index contributed by atoms with van der Waals surface area (Å²) >= 11 is 0. The van der Waals surface area contributed by atoms with Gasteiger partial charge in [0.15, 0.2) is 11.3 Å². The molecule has 0 aliphatic rings. The van der Waals surface area contributed by atoms with Crippen LogP contribution in [0.4, 0.5) is 0 Å². The highest BCUT2D eigenvalue weighted by Gasteiger charge is 2.25. The number of carbonyl (C=O) groups is 1. The molecule has 0 unspecified atom stereocenters. The number of rotatable bonds is 3. The maximum absolute atomic E-state index is 11.6. The van der Waals surface area contributed by atoms with E-state index in [0.29, 0.717) is 11.1 Å². The molecule has 0 saturated carbocycles. The van der Waals surface area contributed by atoms with Gasteiger partial charge >= 0.3 is 11.2 Å². The number of carboxylic acids is 1. The molecular weight excluding hydrogens is 246 g/mol. The van der Waals surface area contributed by atoms with Gasteiger partial charge in [-0.3, -0.25) is 4.79 Å². The highest BCUT2D eigenvalue weighted by Crippen LogP contribution is 2.22. The fourth-order valence-corrected chi connectivity index (χ4v) is 2.32. The fourth-order valence-electron chi connectivity index (χ4n) is 1.42. The van der Waals surface area contributed by atoms with Crippen LogP contribution in [-0.4, -0.2) is 30.2 Å². The van der Waals surface area contributed by atoms with E-state index in [9.17, 15) is 13.2 Å². The van der Waals surface area contributed by atoms with Gasteiger partial charge in [-0.15, -0.1) is 0 Å². The summed E-state index contributed by atoms with van der Waals surface area (Å²) in [6, 6.07) is 5.05. The van der Waals surface area contributed by atoms with Crippen molar-refractivity contribution in [3.05, 3.63) is 23.8 Å². The van der Waals surface area contributed by atoms with Crippen LogP contribution in [0.15, 0.2) is 27.8 Å². The number of carboxylic acid groups (broad SMARTS) is 1. The van der Waals surface area contributed by atoms with Crippen molar-refractivity contribution in [1.82, 2.24) is 4.98 Å². The highest BCUT2D eigenvalue weighted by atomic mass is 32.2. The average molecular weight is 255 g/mol. The second-order valence-corrected chi connectivity index (χ2v) is 5.42. The van der Waals surface area contributed by atoms with Crippen molar-refractivity contribution in [3.8, 4) is 0 Å². The van der Waals surface area contributed by atoms with Crippen molar-refractivity contribution < 1.29 is 22.7 Å². The first kappa shape index (κ1) is 11.6. The van der Waals surface area contributed by atoms with Gasteiger partial charge < -0.3 is 9.52 Å². The molecule has 0 bridgehead atoms. The Labute approximate surface area is 96.8 Å². The Bertz CT molecular complexity index is 686. The van der Waals surface area contributed by atoms with Crippen LogP contribution < -0.4 is 0 Å². The number of hydrogen-bond acceptors (Lipinski definition) is 5. The second kappa shape index (κ2) is 3.85. The maximum Gasteiger partial charge on any atom is 0.319 e. The quantitative estimate of drug-likeness (QED) is 0.878. The maximum atomic E-state index is 11.6. The van der Waals surface area contributed by atoms with Crippen LogP contribution in [-0.2, 0) is 14.6 Å². The molecule has 1 heterocycles. The van der Waals surface area contributed by atoms with Crippen LogP contribution in [0, 0.1) is 6.92 Å². The first-order valence-corrected chi connectivity index (χ1v) is 6.36. The summed E-state index contributed by atoms with van der Waals surface area (Å²) < 4.78 is 28.2. The molecule has 6 nitrogen and oxygen atoms in total. The topological polar surface area (TPSA) is 97.5 Å². The van der Waals surface area contributed by atoms with E-state index in [4.69, 9.17) is 9.52 Å². The minimum Gasteiger partial charge on any atom is -0.480 e. The summed E-state index contributed by atoms with van der Waals surface area (Å²) in [5.74, 6) is -2.47. The molecule has 0 amide bonds. The van der Waals surface area contributed by atoms with Crippen molar-refractivity contribution in [3.63, 3.8) is 0 Å². The van der Waals surface area contributed by atoms with Crippen molar-refractivity contribution in [2.75, 3.05) is 5.75 Å². The molecular formula is C10H9NO5S. The van der Waals surface area contributed by atoms with Gasteiger partial charge in [-0.05, 0) is 18.6 Å². The first-order valence-electron chi connectivity index (χ1n) is 4.71. The molecule has 2 aromatic rings. The zero-order valence-electron chi connectivity index (χ0n) is 8.87. The van der Waals surface area contributed by atoms with Gasteiger partial charge in [0.25, 0.3) is 0 Å². The molecule has 0 aliphatic carbocycles. The Hall–Kier alpha value is -1.89. The number of aliphatic carboxylic acids is 1. The molecule has 1 aromatic carbocycles. The van der Waals surface area contributed by atoms with Crippen molar-refractivity contribution >= 4 is 26.9 Å². The summed E-state index contributed by atoms with van der Waals surface area (Å²) in [6.45, 7) is 1.76. The number of fused-ring (bicyclic) bond motifs is 1. The van der Waals surface area contributed by atoms with Gasteiger partial charge in [-0.2, -0.15) is 4.98 Å². The van der Waals surface area contributed by atoms with E-state index in [0.717, 1.165) is 5.56 Å². The third kappa shape index (κ3) is 2.14. The lowest BCUT2D eigenvalue weighted by atomic mass is 10.2. The number of sulfone groups is 1. The van der Waals surface area contributed by atoms with Crippen LogP contribution in [0.25, 0.3) is 11.1 Å². The summed E-state index contributed by atoms with van der Waals surface area (Å²) in [7, 11) is -4.02. The molecule has 0 saturated heterocycles. The van der Waals surface area contributed by atoms with Gasteiger partial charge in [-0.25, -0.2) is 8.42 Å². The Kier molecular flexibility index (Phi) is 2.62. The summed E-state index contributed by atoms with van der Waals surface area (Å²) in [6.07, 6.45) is 0. The Balaban J connectivity index is 2.58. The SMILES string of the molecule is Cc1cccc2oc(S(=O)(=O)CC(=O)O)nc12. The highest BCUT2D eigenvalue weighted by molar-refractivity contribution is 7.91. The van der Waals surface area contributed by atoms with Gasteiger partial charge in [0.05, 0.1) is 0 Å². The first-order chi connectivity index (χ1) is 7.90. The molecule has 90 valence electrons. The van der Waals surface area contributed by atoms with Gasteiger partial charge in [0.1, 0.15) is 5.52 Å². The largest absolute Gasteiger partial charge is 0.480 e. The van der Waals surface area contributed by atoms with Crippen LogP contribution in [0.2, 0.25) is 0 Å². The molecule has 17 heavy (non-hydrogen) atoms. The van der Waals surface area contributed by atoms with Crippen LogP contribution in [0.3, 0.4) is 0 Å². The predicted octanol–water partition coefficient (Wildman–Crippen LogP) is 0.995. The molecule has 1 N–H and O–H groups in total. The lowest BCUT2D eigenvalue weighted by molar-refractivity contribution is -0.134. The van der Waals surface area contributed by atoms with Crippen LogP contribution in [0.5, 0.6) is 0 Å². The number of aromatic nitrogens is 1. The number of aryl methyl sites for hydroxylation is 1. The van der Waals surface area contributed by atoms with Gasteiger partial charge in [0, 0.05) is 0 Å². The minimum atomic E-state index is -4.02. The van der Waals surface area contributed by atoms with E-state index >= 15 is 0 Å². The second-order valence-electron chi connectivity index (χ2n) is 3.55. The van der Waals surface area contributed by atoms with Crippen LogP contribution in [0.1, 0.15) is 5.56 Å². The summed E-state index contributed by atoms with van der Waals surface area (Å²) in [5, 5.41) is 7.94. The smallest absolute Gasteiger partial charge is 0.319 e. The van der Waals surface area contributed by atoms with Crippen molar-refractivity contribution in [1.29, 1.82) is 0 Å². The monoisotopic (exact) mass is 255 g/mol. The average Bonchev–Trinajstić information content (AvgIpc) is 2.61. The lowest BCUT2D eigenvalue weighted by Crippen LogP contribution is -2.15. The normalized spacial score (nSPS) is 11.8. The molecule has 0 radical (unpaired) electrons. The summed E-state index contributed by atoms with van der Waals surface area (Å²) in [5.41, 5.74) is 1.52. The Morgan fingerprint density at radius 1 is 1.47 bits per heavy atom. The molecule has 0 aliphatic heterocycles. The summed E-state index contributed by atoms with van der Waals surface area (Å²) in [4.78, 5) is 14.2. The lowest BCUT2D eigenvalue weighted by Gasteiger charge is -1.93. The van der Waals surface area contributed by atoms with E-state index in [1.54, 1.807) is 25.1 Å². The van der Waals surface area contributed by atoms with Gasteiger partial charge in [-0.1, -0.05) is 12.1 Å². The zero-order valence-corrected chi connectivity index (χ0v) is 9.69. The van der Waals surface area contributed by atoms with E-state index in [1.807, 2.05) is 0 Å². The van der Waals surface area contributed by atoms with Crippen LogP contribution >= 0.6 is 0 Å². The minimum absolute atomic E-state index is 0.328. The number of benzene rings is 1. The third-order valence-corrected chi connectivity index (χ3v) is 3.51. The number of hydrogen-bond donors (Lipinski definition) is 1. The standard InChI is InChI=1S/C10H9NO5S/c1-6-3-2-4-7-9(6)11-10(16-7)17(14,15)5-8(12)13/h2-4H,5H2,1H3,(H,12,13). The van der Waals surface area contributed by atoms with E-state index in [1.165, 1.54) is 0 Å². The molecule has 2 rings (SSSR count). The molecule has 0 atom stereocenters. The zero-order chi connectivity index (χ0) is 12.6. The molecule has 0 spiro atoms. The number of nitrogens with zero attached hydrogens (tertiary/aromatic N) is 1. The molecule has 1 aromatic heterocycles. The molecule has 0 fully saturated rings. The Morgan fingerprint density at radius 3 is 2.76 bits per heavy atom. The molecule has 7 heteroatoms. The van der Waals surface area contributed by atoms with E-state index in [-0.39, 0.29) is 0 Å².